The molecule has 17 heavy (non-hydrogen) atoms. The predicted molar refractivity (Wildman–Crippen MR) is 70.5 cm³/mol. The van der Waals surface area contributed by atoms with Crippen LogP contribution in [0, 0.1) is 11.8 Å². The molecule has 0 aliphatic carbocycles. The van der Waals surface area contributed by atoms with Gasteiger partial charge < -0.3 is 5.73 Å². The van der Waals surface area contributed by atoms with Gasteiger partial charge in [-0.1, -0.05) is 25.7 Å². The second-order valence-corrected chi connectivity index (χ2v) is 4.22. The monoisotopic (exact) mass is 231 g/mol. The van der Waals surface area contributed by atoms with Gasteiger partial charge in [-0.05, 0) is 44.2 Å². The van der Waals surface area contributed by atoms with Gasteiger partial charge in [0, 0.05) is 11.9 Å². The lowest BCUT2D eigenvalue weighted by Gasteiger charge is -2.10. The molecule has 3 heteroatoms. The third-order valence-electron chi connectivity index (χ3n) is 2.76. The van der Waals surface area contributed by atoms with E-state index in [1.807, 2.05) is 6.07 Å². The molecule has 0 aliphatic rings. The van der Waals surface area contributed by atoms with E-state index in [0.717, 1.165) is 25.1 Å². The van der Waals surface area contributed by atoms with Crippen molar-refractivity contribution in [3.8, 4) is 11.8 Å². The fourth-order valence-corrected chi connectivity index (χ4v) is 1.74. The summed E-state index contributed by atoms with van der Waals surface area (Å²) in [6, 6.07) is 1.98. The molecule has 92 valence electrons. The molecule has 1 unspecified atom stereocenters. The topological polar surface area (TPSA) is 51.8 Å². The van der Waals surface area contributed by atoms with Crippen molar-refractivity contribution in [1.82, 2.24) is 9.97 Å². The molecule has 2 N–H and O–H groups in total. The van der Waals surface area contributed by atoms with Crippen LogP contribution in [0.2, 0.25) is 0 Å². The molecular formula is C14H21N3. The predicted octanol–water partition coefficient (Wildman–Crippen LogP) is 2.47. The summed E-state index contributed by atoms with van der Waals surface area (Å²) in [5.41, 5.74) is 6.56. The Kier molecular flexibility index (Phi) is 6.27. The Balaban J connectivity index is 2.52. The van der Waals surface area contributed by atoms with Crippen molar-refractivity contribution in [2.24, 2.45) is 5.73 Å². The first-order valence-electron chi connectivity index (χ1n) is 6.23. The van der Waals surface area contributed by atoms with Gasteiger partial charge in [0.25, 0.3) is 0 Å². The maximum absolute atomic E-state index is 5.47. The quantitative estimate of drug-likeness (QED) is 0.604. The molecular weight excluding hydrogens is 210 g/mol. The highest BCUT2D eigenvalue weighted by molar-refractivity contribution is 5.21. The summed E-state index contributed by atoms with van der Waals surface area (Å²) in [5, 5.41) is 0. The average molecular weight is 231 g/mol. The summed E-state index contributed by atoms with van der Waals surface area (Å²) in [7, 11) is 0. The molecule has 0 spiro atoms. The van der Waals surface area contributed by atoms with Crippen molar-refractivity contribution in [3.05, 3.63) is 23.8 Å². The number of hydrogen-bond acceptors (Lipinski definition) is 3. The molecule has 1 heterocycles. The second kappa shape index (κ2) is 7.81. The number of aromatic nitrogens is 2. The Hall–Kier alpha value is -1.40. The minimum absolute atomic E-state index is 0.466. The van der Waals surface area contributed by atoms with Crippen LogP contribution in [0.4, 0.5) is 0 Å². The van der Waals surface area contributed by atoms with Gasteiger partial charge >= 0.3 is 0 Å². The fourth-order valence-electron chi connectivity index (χ4n) is 1.74. The molecule has 0 aliphatic heterocycles. The van der Waals surface area contributed by atoms with E-state index in [9.17, 15) is 0 Å². The zero-order chi connectivity index (χ0) is 12.5. The second-order valence-electron chi connectivity index (χ2n) is 4.22. The number of nitrogens with two attached hydrogens (primary N) is 1. The Morgan fingerprint density at radius 1 is 1.35 bits per heavy atom. The van der Waals surface area contributed by atoms with E-state index in [4.69, 9.17) is 5.73 Å². The van der Waals surface area contributed by atoms with Crippen LogP contribution in [0.1, 0.15) is 57.0 Å². The van der Waals surface area contributed by atoms with E-state index in [2.05, 4.69) is 28.7 Å². The summed E-state index contributed by atoms with van der Waals surface area (Å²) in [6.45, 7) is 4.79. The largest absolute Gasteiger partial charge is 0.330 e. The van der Waals surface area contributed by atoms with Crippen molar-refractivity contribution in [3.63, 3.8) is 0 Å². The highest BCUT2D eigenvalue weighted by atomic mass is 14.9. The van der Waals surface area contributed by atoms with Crippen LogP contribution >= 0.6 is 0 Å². The maximum atomic E-state index is 5.47. The molecule has 0 bridgehead atoms. The van der Waals surface area contributed by atoms with Gasteiger partial charge in [-0.2, -0.15) is 0 Å². The van der Waals surface area contributed by atoms with E-state index in [1.54, 1.807) is 13.1 Å². The number of hydrogen-bond donors (Lipinski definition) is 1. The van der Waals surface area contributed by atoms with Crippen LogP contribution in [0.25, 0.3) is 0 Å². The van der Waals surface area contributed by atoms with Gasteiger partial charge in [-0.15, -0.1) is 0 Å². The first-order chi connectivity index (χ1) is 8.27. The van der Waals surface area contributed by atoms with E-state index >= 15 is 0 Å². The Morgan fingerprint density at radius 3 is 2.88 bits per heavy atom. The molecule has 0 radical (unpaired) electrons. The highest BCUT2D eigenvalue weighted by Gasteiger charge is 2.07. The smallest absolute Gasteiger partial charge is 0.205 e. The highest BCUT2D eigenvalue weighted by Crippen LogP contribution is 2.19. The van der Waals surface area contributed by atoms with E-state index in [0.29, 0.717) is 11.7 Å². The molecule has 0 saturated carbocycles. The fraction of sp³-hybridized carbons (Fsp3) is 0.571. The molecule has 0 saturated heterocycles. The molecule has 1 aromatic heterocycles. The Morgan fingerprint density at radius 2 is 2.18 bits per heavy atom. The van der Waals surface area contributed by atoms with Crippen LogP contribution in [0.5, 0.6) is 0 Å². The lowest BCUT2D eigenvalue weighted by atomic mass is 9.99. The zero-order valence-corrected chi connectivity index (χ0v) is 10.7. The van der Waals surface area contributed by atoms with Gasteiger partial charge in [0.2, 0.25) is 5.82 Å². The Labute approximate surface area is 104 Å². The summed E-state index contributed by atoms with van der Waals surface area (Å²) >= 11 is 0. The van der Waals surface area contributed by atoms with Crippen molar-refractivity contribution in [2.45, 2.75) is 45.4 Å². The van der Waals surface area contributed by atoms with Gasteiger partial charge in [-0.3, -0.25) is 0 Å². The van der Waals surface area contributed by atoms with E-state index in [1.165, 1.54) is 12.8 Å². The molecule has 1 rings (SSSR count). The van der Waals surface area contributed by atoms with E-state index in [-0.39, 0.29) is 0 Å². The van der Waals surface area contributed by atoms with Crippen LogP contribution in [0.15, 0.2) is 12.3 Å². The SMILES string of the molecule is CC#Cc1nccc(C(C)CCCCCN)n1. The van der Waals surface area contributed by atoms with Crippen LogP contribution < -0.4 is 5.73 Å². The molecule has 1 aromatic rings. The van der Waals surface area contributed by atoms with Gasteiger partial charge in [-0.25, -0.2) is 9.97 Å². The van der Waals surface area contributed by atoms with Crippen molar-refractivity contribution in [1.29, 1.82) is 0 Å². The van der Waals surface area contributed by atoms with Crippen LogP contribution in [0.3, 0.4) is 0 Å². The molecule has 3 nitrogen and oxygen atoms in total. The Bertz CT molecular complexity index is 390. The number of rotatable bonds is 6. The molecule has 0 aromatic carbocycles. The average Bonchev–Trinajstić information content (AvgIpc) is 2.35. The minimum Gasteiger partial charge on any atom is -0.330 e. The lowest BCUT2D eigenvalue weighted by Crippen LogP contribution is -2.02. The number of nitrogens with zero attached hydrogens (tertiary/aromatic N) is 2. The summed E-state index contributed by atoms with van der Waals surface area (Å²) in [5.74, 6) is 6.80. The maximum Gasteiger partial charge on any atom is 0.205 e. The van der Waals surface area contributed by atoms with Gasteiger partial charge in [0.05, 0.1) is 0 Å². The van der Waals surface area contributed by atoms with Crippen LogP contribution in [-0.4, -0.2) is 16.5 Å². The molecule has 0 amide bonds. The normalized spacial score (nSPS) is 11.7. The van der Waals surface area contributed by atoms with Crippen molar-refractivity contribution >= 4 is 0 Å². The van der Waals surface area contributed by atoms with Crippen molar-refractivity contribution in [2.75, 3.05) is 6.54 Å². The minimum atomic E-state index is 0.466. The lowest BCUT2D eigenvalue weighted by molar-refractivity contribution is 0.578. The zero-order valence-electron chi connectivity index (χ0n) is 10.7. The molecule has 1 atom stereocenters. The van der Waals surface area contributed by atoms with Crippen molar-refractivity contribution < 1.29 is 0 Å². The molecule has 0 fully saturated rings. The standard InChI is InChI=1S/C14H21N3/c1-3-7-14-16-11-9-13(17-14)12(2)8-5-4-6-10-15/h9,11-12H,4-6,8,10,15H2,1-2H3. The summed E-state index contributed by atoms with van der Waals surface area (Å²) in [4.78, 5) is 8.57. The van der Waals surface area contributed by atoms with Crippen LogP contribution in [-0.2, 0) is 0 Å². The third kappa shape index (κ3) is 4.97. The number of unbranched alkanes of at least 4 members (excludes halogenated alkanes) is 2. The van der Waals surface area contributed by atoms with Gasteiger partial charge in [0.15, 0.2) is 0 Å². The third-order valence-corrected chi connectivity index (χ3v) is 2.76. The van der Waals surface area contributed by atoms with Gasteiger partial charge in [0.1, 0.15) is 0 Å². The summed E-state index contributed by atoms with van der Waals surface area (Å²) < 4.78 is 0. The van der Waals surface area contributed by atoms with E-state index < -0.39 is 0 Å². The summed E-state index contributed by atoms with van der Waals surface area (Å²) in [6.07, 6.45) is 6.46. The first kappa shape index (κ1) is 13.7. The first-order valence-corrected chi connectivity index (χ1v) is 6.23.